The lowest BCUT2D eigenvalue weighted by molar-refractivity contribution is -0.111. The van der Waals surface area contributed by atoms with Crippen molar-refractivity contribution in [1.82, 2.24) is 4.90 Å². The zero-order chi connectivity index (χ0) is 20.4. The minimum absolute atomic E-state index is 0.0286. The molecule has 1 fully saturated rings. The number of amides is 1. The topological polar surface area (TPSA) is 65.8 Å². The largest absolute Gasteiger partial charge is 0.439 e. The van der Waals surface area contributed by atoms with Gasteiger partial charge in [-0.15, -0.1) is 11.3 Å². The van der Waals surface area contributed by atoms with E-state index in [0.29, 0.717) is 21.9 Å². The third kappa shape index (κ3) is 4.04. The summed E-state index contributed by atoms with van der Waals surface area (Å²) in [7, 11) is 2.09. The summed E-state index contributed by atoms with van der Waals surface area (Å²) in [5.74, 6) is 5.30. The van der Waals surface area contributed by atoms with Gasteiger partial charge in [-0.05, 0) is 37.6 Å². The molecule has 1 N–H and O–H groups in total. The predicted molar refractivity (Wildman–Crippen MR) is 118 cm³/mol. The fourth-order valence-electron chi connectivity index (χ4n) is 3.35. The summed E-state index contributed by atoms with van der Waals surface area (Å²) in [6.45, 7) is 5.13. The molecule has 1 amide bonds. The number of carbonyl (C=O) groups excluding carboxylic acids is 1. The molecule has 3 heterocycles. The van der Waals surface area contributed by atoms with Crippen LogP contribution in [0.4, 0.5) is 11.6 Å². The molecule has 0 saturated carbocycles. The number of nitrogens with one attached hydrogen (secondary N) is 1. The number of likely N-dealkylation sites (N-methyl/N-ethyl adjacent to an activating group) is 1. The number of thiophene rings is 1. The second-order valence-electron chi connectivity index (χ2n) is 6.96. The highest BCUT2D eigenvalue weighted by molar-refractivity contribution is 7.17. The van der Waals surface area contributed by atoms with Gasteiger partial charge in [-0.2, -0.15) is 0 Å². The van der Waals surface area contributed by atoms with Crippen LogP contribution >= 0.6 is 11.3 Å². The average molecular weight is 407 g/mol. The molecule has 29 heavy (non-hydrogen) atoms. The quantitative estimate of drug-likeness (QED) is 0.676. The van der Waals surface area contributed by atoms with E-state index in [9.17, 15) is 9.59 Å². The van der Waals surface area contributed by atoms with Crippen LogP contribution in [0.3, 0.4) is 0 Å². The molecule has 1 aromatic carbocycles. The van der Waals surface area contributed by atoms with Crippen LogP contribution in [0.15, 0.2) is 44.9 Å². The van der Waals surface area contributed by atoms with Gasteiger partial charge in [0.2, 0.25) is 5.43 Å². The molecule has 148 valence electrons. The van der Waals surface area contributed by atoms with Gasteiger partial charge in [-0.3, -0.25) is 9.59 Å². The lowest BCUT2D eigenvalue weighted by Gasteiger charge is -2.32. The third-order valence-corrected chi connectivity index (χ3v) is 5.89. The highest BCUT2D eigenvalue weighted by atomic mass is 32.1. The van der Waals surface area contributed by atoms with E-state index in [1.165, 1.54) is 11.3 Å². The molecule has 0 bridgehead atoms. The number of fused-ring (bicyclic) bond motifs is 1. The van der Waals surface area contributed by atoms with Gasteiger partial charge in [0.05, 0.1) is 0 Å². The maximum atomic E-state index is 12.7. The predicted octanol–water partition coefficient (Wildman–Crippen LogP) is 3.24. The Morgan fingerprint density at radius 3 is 2.76 bits per heavy atom. The first kappa shape index (κ1) is 19.2. The number of carbonyl (C=O) groups is 1. The number of benzene rings is 1. The van der Waals surface area contributed by atoms with Gasteiger partial charge >= 0.3 is 0 Å². The summed E-state index contributed by atoms with van der Waals surface area (Å²) in [5, 5.41) is 4.68. The second kappa shape index (κ2) is 8.11. The maximum Gasteiger partial charge on any atom is 0.300 e. The number of anilines is 2. The van der Waals surface area contributed by atoms with Crippen LogP contribution in [-0.4, -0.2) is 44.0 Å². The van der Waals surface area contributed by atoms with Crippen LogP contribution in [0.1, 0.15) is 6.92 Å². The summed E-state index contributed by atoms with van der Waals surface area (Å²) in [4.78, 5) is 28.8. The Balaban J connectivity index is 1.72. The van der Waals surface area contributed by atoms with Crippen molar-refractivity contribution in [2.45, 2.75) is 6.92 Å². The van der Waals surface area contributed by atoms with Crippen LogP contribution < -0.4 is 15.6 Å². The normalized spacial score (nSPS) is 14.5. The Labute approximate surface area is 172 Å². The van der Waals surface area contributed by atoms with Gasteiger partial charge in [0, 0.05) is 48.9 Å². The van der Waals surface area contributed by atoms with Gasteiger partial charge < -0.3 is 19.5 Å². The fraction of sp³-hybridized carbons (Fsp3) is 0.273. The van der Waals surface area contributed by atoms with Crippen LogP contribution in [-0.2, 0) is 4.79 Å². The van der Waals surface area contributed by atoms with E-state index in [4.69, 9.17) is 4.42 Å². The van der Waals surface area contributed by atoms with E-state index in [2.05, 4.69) is 34.0 Å². The number of piperazine rings is 1. The molecule has 4 rings (SSSR count). The Bertz CT molecular complexity index is 1180. The highest BCUT2D eigenvalue weighted by Gasteiger charge is 2.20. The van der Waals surface area contributed by atoms with Crippen molar-refractivity contribution in [3.05, 3.63) is 45.9 Å². The number of hydrogen-bond donors (Lipinski definition) is 1. The van der Waals surface area contributed by atoms with Gasteiger partial charge in [-0.1, -0.05) is 18.1 Å². The molecule has 0 unspecified atom stereocenters. The first-order valence-corrected chi connectivity index (χ1v) is 10.3. The van der Waals surface area contributed by atoms with Crippen LogP contribution in [0.5, 0.6) is 0 Å². The number of hydrogen-bond acceptors (Lipinski definition) is 6. The van der Waals surface area contributed by atoms with Crippen molar-refractivity contribution in [3.63, 3.8) is 0 Å². The van der Waals surface area contributed by atoms with Gasteiger partial charge in [0.1, 0.15) is 4.70 Å². The first-order valence-electron chi connectivity index (χ1n) is 9.38. The zero-order valence-electron chi connectivity index (χ0n) is 16.3. The Morgan fingerprint density at radius 2 is 2.00 bits per heavy atom. The molecule has 0 aliphatic carbocycles. The standard InChI is InChI=1S/C22H21N3O3S/c1-3-5-19(27)23-16-7-4-6-15(12-16)17-14-29-22-18(26)13-20(28-21(17)22)25-10-8-24(2)9-11-25/h4,6-7,12-14H,8-11H2,1-2H3,(H,23,27). The second-order valence-corrected chi connectivity index (χ2v) is 7.84. The van der Waals surface area contributed by atoms with E-state index in [0.717, 1.165) is 37.3 Å². The third-order valence-electron chi connectivity index (χ3n) is 4.92. The maximum absolute atomic E-state index is 12.7. The first-order chi connectivity index (χ1) is 14.0. The molecule has 0 radical (unpaired) electrons. The summed E-state index contributed by atoms with van der Waals surface area (Å²) in [5.41, 5.74) is 2.92. The molecule has 1 aliphatic rings. The lowest BCUT2D eigenvalue weighted by atomic mass is 10.1. The molecular formula is C22H21N3O3S. The minimum Gasteiger partial charge on any atom is -0.439 e. The Hall–Kier alpha value is -3.08. The Morgan fingerprint density at radius 1 is 1.21 bits per heavy atom. The molecule has 7 heteroatoms. The van der Waals surface area contributed by atoms with E-state index in [1.54, 1.807) is 19.1 Å². The van der Waals surface area contributed by atoms with Gasteiger partial charge in [0.15, 0.2) is 11.5 Å². The van der Waals surface area contributed by atoms with Crippen molar-refractivity contribution >= 4 is 39.1 Å². The van der Waals surface area contributed by atoms with Gasteiger partial charge in [0.25, 0.3) is 5.91 Å². The fourth-order valence-corrected chi connectivity index (χ4v) is 4.26. The van der Waals surface area contributed by atoms with Gasteiger partial charge in [-0.25, -0.2) is 0 Å². The molecule has 2 aromatic heterocycles. The van der Waals surface area contributed by atoms with E-state index in [-0.39, 0.29) is 11.3 Å². The summed E-state index contributed by atoms with van der Waals surface area (Å²) < 4.78 is 6.81. The van der Waals surface area contributed by atoms with Crippen LogP contribution in [0.25, 0.3) is 21.4 Å². The van der Waals surface area contributed by atoms with Crippen molar-refractivity contribution in [1.29, 1.82) is 0 Å². The number of nitrogens with zero attached hydrogens (tertiary/aromatic N) is 2. The monoisotopic (exact) mass is 407 g/mol. The number of rotatable bonds is 3. The highest BCUT2D eigenvalue weighted by Crippen LogP contribution is 2.35. The van der Waals surface area contributed by atoms with Crippen LogP contribution in [0.2, 0.25) is 0 Å². The van der Waals surface area contributed by atoms with Crippen molar-refractivity contribution in [2.75, 3.05) is 43.4 Å². The van der Waals surface area contributed by atoms with E-state index in [1.807, 2.05) is 23.6 Å². The van der Waals surface area contributed by atoms with E-state index < -0.39 is 0 Å². The van der Waals surface area contributed by atoms with Crippen molar-refractivity contribution < 1.29 is 9.21 Å². The summed E-state index contributed by atoms with van der Waals surface area (Å²) >= 11 is 1.38. The molecule has 1 aliphatic heterocycles. The summed E-state index contributed by atoms with van der Waals surface area (Å²) in [6, 6.07) is 9.05. The summed E-state index contributed by atoms with van der Waals surface area (Å²) in [6.07, 6.45) is 0. The molecule has 0 atom stereocenters. The molecule has 6 nitrogen and oxygen atoms in total. The SMILES string of the molecule is CC#CC(=O)Nc1cccc(-c2csc3c(=O)cc(N4CCN(C)CC4)oc23)c1. The zero-order valence-corrected chi connectivity index (χ0v) is 17.1. The van der Waals surface area contributed by atoms with Crippen LogP contribution in [0, 0.1) is 11.8 Å². The van der Waals surface area contributed by atoms with E-state index >= 15 is 0 Å². The molecular weight excluding hydrogens is 386 g/mol. The Kier molecular flexibility index (Phi) is 5.38. The van der Waals surface area contributed by atoms with Crippen molar-refractivity contribution in [3.8, 4) is 23.0 Å². The minimum atomic E-state index is -0.358. The van der Waals surface area contributed by atoms with Crippen molar-refractivity contribution in [2.24, 2.45) is 0 Å². The molecule has 0 spiro atoms. The smallest absolute Gasteiger partial charge is 0.300 e. The molecule has 3 aromatic rings. The average Bonchev–Trinajstić information content (AvgIpc) is 3.13. The molecule has 1 saturated heterocycles. The lowest BCUT2D eigenvalue weighted by Crippen LogP contribution is -2.44.